The van der Waals surface area contributed by atoms with Crippen LogP contribution < -0.4 is 14.8 Å². The summed E-state index contributed by atoms with van der Waals surface area (Å²) in [5.41, 5.74) is 0.286. The molecule has 8 nitrogen and oxygen atoms in total. The van der Waals surface area contributed by atoms with Crippen molar-refractivity contribution in [2.24, 2.45) is 0 Å². The fourth-order valence-electron chi connectivity index (χ4n) is 2.16. The van der Waals surface area contributed by atoms with Crippen LogP contribution in [0, 0.1) is 6.92 Å². The number of aromatic nitrogens is 2. The molecule has 0 spiro atoms. The zero-order valence-electron chi connectivity index (χ0n) is 13.9. The number of sulfonamides is 1. The van der Waals surface area contributed by atoms with Crippen LogP contribution in [-0.2, 0) is 10.0 Å². The molecule has 3 rings (SSSR count). The van der Waals surface area contributed by atoms with Crippen LogP contribution >= 0.6 is 11.6 Å². The number of ether oxygens (including phenoxy) is 1. The number of anilines is 3. The smallest absolute Gasteiger partial charge is 0.265 e. The predicted octanol–water partition coefficient (Wildman–Crippen LogP) is 3.58. The van der Waals surface area contributed by atoms with E-state index in [0.717, 1.165) is 0 Å². The van der Waals surface area contributed by atoms with Crippen molar-refractivity contribution >= 4 is 38.9 Å². The highest BCUT2D eigenvalue weighted by atomic mass is 35.5. The summed E-state index contributed by atoms with van der Waals surface area (Å²) >= 11 is 5.90. The Morgan fingerprint density at radius 1 is 1.15 bits per heavy atom. The average molecular weight is 395 g/mol. The normalized spacial score (nSPS) is 11.2. The first kappa shape index (κ1) is 18.0. The Labute approximate surface area is 155 Å². The summed E-state index contributed by atoms with van der Waals surface area (Å²) in [5.74, 6) is 1.84. The molecule has 3 aromatic rings. The highest BCUT2D eigenvalue weighted by Crippen LogP contribution is 2.28. The Bertz CT molecular complexity index is 1020. The van der Waals surface area contributed by atoms with E-state index in [4.69, 9.17) is 20.9 Å². The molecule has 10 heteroatoms. The summed E-state index contributed by atoms with van der Waals surface area (Å²) in [4.78, 5) is 4.08. The van der Waals surface area contributed by atoms with Gasteiger partial charge in [-0.3, -0.25) is 4.72 Å². The third-order valence-electron chi connectivity index (χ3n) is 3.31. The van der Waals surface area contributed by atoms with Crippen LogP contribution in [0.2, 0.25) is 5.02 Å². The van der Waals surface area contributed by atoms with E-state index < -0.39 is 10.0 Å². The maximum absolute atomic E-state index is 12.6. The van der Waals surface area contributed by atoms with E-state index in [2.05, 4.69) is 20.2 Å². The number of nitrogens with zero attached hydrogens (tertiary/aromatic N) is 2. The molecule has 0 aliphatic heterocycles. The summed E-state index contributed by atoms with van der Waals surface area (Å²) in [6, 6.07) is 9.24. The molecule has 0 saturated carbocycles. The van der Waals surface area contributed by atoms with E-state index in [1.54, 1.807) is 31.2 Å². The summed E-state index contributed by atoms with van der Waals surface area (Å²) in [5, 5.41) is 7.02. The minimum absolute atomic E-state index is 0.0622. The van der Waals surface area contributed by atoms with Gasteiger partial charge in [-0.05, 0) is 37.3 Å². The Morgan fingerprint density at radius 3 is 2.58 bits per heavy atom. The Morgan fingerprint density at radius 2 is 1.96 bits per heavy atom. The molecule has 0 amide bonds. The number of hydrogen-bond donors (Lipinski definition) is 2. The summed E-state index contributed by atoms with van der Waals surface area (Å²) in [6.07, 6.45) is 1.38. The van der Waals surface area contributed by atoms with Crippen molar-refractivity contribution in [3.05, 3.63) is 53.4 Å². The van der Waals surface area contributed by atoms with E-state index in [9.17, 15) is 8.42 Å². The molecule has 2 N–H and O–H groups in total. The van der Waals surface area contributed by atoms with Crippen LogP contribution in [0.3, 0.4) is 0 Å². The van der Waals surface area contributed by atoms with E-state index in [1.165, 1.54) is 25.4 Å². The van der Waals surface area contributed by atoms with Crippen molar-refractivity contribution in [2.75, 3.05) is 17.1 Å². The number of pyridine rings is 1. The first-order chi connectivity index (χ1) is 12.4. The molecule has 26 heavy (non-hydrogen) atoms. The molecule has 0 atom stereocenters. The fourth-order valence-corrected chi connectivity index (χ4v) is 3.63. The molecule has 136 valence electrons. The molecule has 2 aromatic heterocycles. The van der Waals surface area contributed by atoms with Crippen LogP contribution in [0.5, 0.6) is 5.75 Å². The summed E-state index contributed by atoms with van der Waals surface area (Å²) in [7, 11) is -2.51. The van der Waals surface area contributed by atoms with Crippen molar-refractivity contribution in [3.63, 3.8) is 0 Å². The van der Waals surface area contributed by atoms with Crippen molar-refractivity contribution in [1.29, 1.82) is 0 Å². The molecule has 0 aliphatic rings. The number of benzene rings is 1. The summed E-state index contributed by atoms with van der Waals surface area (Å²) < 4.78 is 37.7. The molecule has 0 aliphatic carbocycles. The highest BCUT2D eigenvalue weighted by molar-refractivity contribution is 7.92. The Kier molecular flexibility index (Phi) is 5.01. The lowest BCUT2D eigenvalue weighted by Crippen LogP contribution is -2.14. The second-order valence-electron chi connectivity index (χ2n) is 5.28. The molecule has 0 fully saturated rings. The number of hydrogen-bond acceptors (Lipinski definition) is 7. The number of aryl methyl sites for hydroxylation is 1. The maximum Gasteiger partial charge on any atom is 0.265 e. The third kappa shape index (κ3) is 4.06. The quantitative estimate of drug-likeness (QED) is 0.657. The van der Waals surface area contributed by atoms with Gasteiger partial charge in [-0.15, -0.1) is 0 Å². The number of methoxy groups -OCH3 is 1. The fraction of sp³-hybridized carbons (Fsp3) is 0.125. The van der Waals surface area contributed by atoms with Gasteiger partial charge in [0.1, 0.15) is 22.2 Å². The standard InChI is InChI=1S/C16H15ClN4O4S/c1-10-7-16(20-25-10)19-15-6-4-12(9-18-15)21-26(22,23)14-8-11(17)3-5-13(14)24-2/h3-9,21H,1-2H3,(H,18,19,20). The third-order valence-corrected chi connectivity index (χ3v) is 4.95. The van der Waals surface area contributed by atoms with Crippen LogP contribution in [0.1, 0.15) is 5.76 Å². The van der Waals surface area contributed by atoms with Gasteiger partial charge in [0.25, 0.3) is 10.0 Å². The van der Waals surface area contributed by atoms with Crippen LogP contribution in [0.25, 0.3) is 0 Å². The van der Waals surface area contributed by atoms with Crippen LogP contribution in [0.4, 0.5) is 17.3 Å². The molecule has 1 aromatic carbocycles. The van der Waals surface area contributed by atoms with Gasteiger partial charge in [-0.25, -0.2) is 13.4 Å². The van der Waals surface area contributed by atoms with Crippen molar-refractivity contribution in [2.45, 2.75) is 11.8 Å². The van der Waals surface area contributed by atoms with Gasteiger partial charge < -0.3 is 14.6 Å². The van der Waals surface area contributed by atoms with Gasteiger partial charge in [0.2, 0.25) is 0 Å². The monoisotopic (exact) mass is 394 g/mol. The number of nitrogens with one attached hydrogen (secondary N) is 2. The minimum Gasteiger partial charge on any atom is -0.495 e. The summed E-state index contributed by atoms with van der Waals surface area (Å²) in [6.45, 7) is 1.77. The Hall–Kier alpha value is -2.78. The average Bonchev–Trinajstić information content (AvgIpc) is 3.01. The molecule has 0 saturated heterocycles. The molecule has 0 radical (unpaired) electrons. The van der Waals surface area contributed by atoms with E-state index in [1.807, 2.05) is 0 Å². The zero-order chi connectivity index (χ0) is 18.7. The lowest BCUT2D eigenvalue weighted by Gasteiger charge is -2.12. The molecule has 0 unspecified atom stereocenters. The molecular formula is C16H15ClN4O4S. The largest absolute Gasteiger partial charge is 0.495 e. The Balaban J connectivity index is 1.79. The second-order valence-corrected chi connectivity index (χ2v) is 7.37. The predicted molar refractivity (Wildman–Crippen MR) is 97.6 cm³/mol. The van der Waals surface area contributed by atoms with Gasteiger partial charge in [0.15, 0.2) is 5.82 Å². The maximum atomic E-state index is 12.6. The molecule has 0 bridgehead atoms. The minimum atomic E-state index is -3.89. The van der Waals surface area contributed by atoms with Crippen molar-refractivity contribution < 1.29 is 17.7 Å². The van der Waals surface area contributed by atoms with E-state index in [0.29, 0.717) is 17.4 Å². The first-order valence-electron chi connectivity index (χ1n) is 7.40. The van der Waals surface area contributed by atoms with Gasteiger partial charge >= 0.3 is 0 Å². The van der Waals surface area contributed by atoms with E-state index in [-0.39, 0.29) is 21.4 Å². The van der Waals surface area contributed by atoms with E-state index >= 15 is 0 Å². The van der Waals surface area contributed by atoms with Crippen LogP contribution in [0.15, 0.2) is 52.0 Å². The zero-order valence-corrected chi connectivity index (χ0v) is 15.4. The lowest BCUT2D eigenvalue weighted by molar-refractivity contribution is 0.400. The second kappa shape index (κ2) is 7.22. The topological polar surface area (TPSA) is 106 Å². The number of halogens is 1. The number of rotatable bonds is 6. The van der Waals surface area contributed by atoms with Gasteiger partial charge in [-0.2, -0.15) is 0 Å². The van der Waals surface area contributed by atoms with Crippen molar-refractivity contribution in [1.82, 2.24) is 10.1 Å². The molecule has 2 heterocycles. The van der Waals surface area contributed by atoms with Crippen LogP contribution in [-0.4, -0.2) is 25.7 Å². The van der Waals surface area contributed by atoms with Gasteiger partial charge in [0, 0.05) is 11.1 Å². The van der Waals surface area contributed by atoms with Gasteiger partial charge in [0.05, 0.1) is 19.0 Å². The molecular weight excluding hydrogens is 380 g/mol. The van der Waals surface area contributed by atoms with Gasteiger partial charge in [-0.1, -0.05) is 16.8 Å². The first-order valence-corrected chi connectivity index (χ1v) is 9.26. The van der Waals surface area contributed by atoms with Crippen molar-refractivity contribution in [3.8, 4) is 5.75 Å². The highest BCUT2D eigenvalue weighted by Gasteiger charge is 2.20. The lowest BCUT2D eigenvalue weighted by atomic mass is 10.3. The SMILES string of the molecule is COc1ccc(Cl)cc1S(=O)(=O)Nc1ccc(Nc2cc(C)on2)nc1.